The van der Waals surface area contributed by atoms with E-state index in [0.717, 1.165) is 21.7 Å². The Kier molecular flexibility index (Phi) is 4.87. The zero-order valence-electron chi connectivity index (χ0n) is 13.8. The predicted molar refractivity (Wildman–Crippen MR) is 94.4 cm³/mol. The SMILES string of the molecule is CCc1cc(-c2ccc(CNC3CCCC3)s2)c(C)n(O)c1=O. The van der Waals surface area contributed by atoms with Gasteiger partial charge in [0.15, 0.2) is 0 Å². The molecule has 0 radical (unpaired) electrons. The third-order valence-electron chi connectivity index (χ3n) is 4.72. The van der Waals surface area contributed by atoms with Gasteiger partial charge in [-0.05, 0) is 44.4 Å². The molecule has 0 atom stereocenters. The molecule has 0 unspecified atom stereocenters. The molecule has 0 amide bonds. The fraction of sp³-hybridized carbons (Fsp3) is 0.500. The van der Waals surface area contributed by atoms with Gasteiger partial charge in [0.1, 0.15) is 0 Å². The molecule has 1 fully saturated rings. The van der Waals surface area contributed by atoms with Crippen molar-refractivity contribution < 1.29 is 5.21 Å². The first kappa shape index (κ1) is 16.3. The molecule has 0 bridgehead atoms. The summed E-state index contributed by atoms with van der Waals surface area (Å²) in [5, 5.41) is 13.6. The van der Waals surface area contributed by atoms with Crippen molar-refractivity contribution in [1.82, 2.24) is 10.0 Å². The van der Waals surface area contributed by atoms with Gasteiger partial charge in [-0.1, -0.05) is 19.8 Å². The third kappa shape index (κ3) is 3.35. The monoisotopic (exact) mass is 332 g/mol. The van der Waals surface area contributed by atoms with Gasteiger partial charge in [0.05, 0.1) is 5.69 Å². The number of rotatable bonds is 5. The average molecular weight is 332 g/mol. The molecule has 23 heavy (non-hydrogen) atoms. The van der Waals surface area contributed by atoms with E-state index >= 15 is 0 Å². The first-order valence-corrected chi connectivity index (χ1v) is 9.19. The molecule has 3 rings (SSSR count). The summed E-state index contributed by atoms with van der Waals surface area (Å²) in [5.41, 5.74) is 1.88. The summed E-state index contributed by atoms with van der Waals surface area (Å²) in [7, 11) is 0. The number of hydrogen-bond acceptors (Lipinski definition) is 4. The topological polar surface area (TPSA) is 54.3 Å². The molecule has 2 N–H and O–H groups in total. The van der Waals surface area contributed by atoms with Gasteiger partial charge in [0, 0.05) is 33.5 Å². The van der Waals surface area contributed by atoms with Gasteiger partial charge in [-0.3, -0.25) is 4.79 Å². The first-order valence-electron chi connectivity index (χ1n) is 8.37. The molecule has 0 aliphatic heterocycles. The van der Waals surface area contributed by atoms with Gasteiger partial charge < -0.3 is 10.5 Å². The van der Waals surface area contributed by atoms with Crippen LogP contribution in [0.3, 0.4) is 0 Å². The molecule has 4 nitrogen and oxygen atoms in total. The quantitative estimate of drug-likeness (QED) is 0.821. The van der Waals surface area contributed by atoms with Crippen molar-refractivity contribution in [3.05, 3.63) is 44.7 Å². The maximum atomic E-state index is 12.0. The molecule has 0 saturated heterocycles. The summed E-state index contributed by atoms with van der Waals surface area (Å²) in [6.45, 7) is 4.61. The van der Waals surface area contributed by atoms with E-state index in [-0.39, 0.29) is 5.56 Å². The standard InChI is InChI=1S/C18H24N2O2S/c1-3-13-10-16(12(2)20(22)18(13)21)17-9-8-15(23-17)11-19-14-6-4-5-7-14/h8-10,14,19,22H,3-7,11H2,1-2H3. The highest BCUT2D eigenvalue weighted by molar-refractivity contribution is 7.15. The molecule has 2 heterocycles. The Bertz CT molecular complexity index is 742. The molecule has 1 aliphatic carbocycles. The third-order valence-corrected chi connectivity index (χ3v) is 5.84. The highest BCUT2D eigenvalue weighted by Gasteiger charge is 2.16. The normalized spacial score (nSPS) is 15.4. The number of nitrogens with zero attached hydrogens (tertiary/aromatic N) is 1. The summed E-state index contributed by atoms with van der Waals surface area (Å²) < 4.78 is 0.782. The van der Waals surface area contributed by atoms with E-state index in [2.05, 4.69) is 17.4 Å². The highest BCUT2D eigenvalue weighted by Crippen LogP contribution is 2.31. The summed E-state index contributed by atoms with van der Waals surface area (Å²) in [6.07, 6.45) is 5.86. The van der Waals surface area contributed by atoms with Gasteiger partial charge in [-0.25, -0.2) is 0 Å². The molecule has 124 valence electrons. The van der Waals surface area contributed by atoms with Gasteiger partial charge in [-0.15, -0.1) is 11.3 Å². The number of nitrogens with one attached hydrogen (secondary N) is 1. The van der Waals surface area contributed by atoms with Crippen LogP contribution in [-0.4, -0.2) is 16.0 Å². The number of aryl methyl sites for hydroxylation is 1. The second kappa shape index (κ2) is 6.89. The Hall–Kier alpha value is -1.59. The average Bonchev–Trinajstić information content (AvgIpc) is 3.22. The van der Waals surface area contributed by atoms with Crippen molar-refractivity contribution >= 4 is 11.3 Å². The van der Waals surface area contributed by atoms with E-state index in [4.69, 9.17) is 0 Å². The Morgan fingerprint density at radius 1 is 1.35 bits per heavy atom. The van der Waals surface area contributed by atoms with Crippen molar-refractivity contribution in [2.45, 2.75) is 58.5 Å². The smallest absolute Gasteiger partial charge is 0.286 e. The van der Waals surface area contributed by atoms with Gasteiger partial charge >= 0.3 is 0 Å². The van der Waals surface area contributed by atoms with Crippen LogP contribution in [-0.2, 0) is 13.0 Å². The molecule has 1 saturated carbocycles. The van der Waals surface area contributed by atoms with Crippen LogP contribution in [0.2, 0.25) is 0 Å². The van der Waals surface area contributed by atoms with E-state index in [0.29, 0.717) is 23.7 Å². The van der Waals surface area contributed by atoms with Crippen LogP contribution in [0, 0.1) is 6.92 Å². The predicted octanol–water partition coefficient (Wildman–Crippen LogP) is 3.72. The highest BCUT2D eigenvalue weighted by atomic mass is 32.1. The van der Waals surface area contributed by atoms with E-state index in [9.17, 15) is 10.0 Å². The minimum absolute atomic E-state index is 0.312. The van der Waals surface area contributed by atoms with Gasteiger partial charge in [0.2, 0.25) is 0 Å². The van der Waals surface area contributed by atoms with Crippen LogP contribution in [0.15, 0.2) is 23.0 Å². The number of aromatic nitrogens is 1. The molecule has 5 heteroatoms. The van der Waals surface area contributed by atoms with Crippen LogP contribution in [0.25, 0.3) is 10.4 Å². The fourth-order valence-corrected chi connectivity index (χ4v) is 4.26. The van der Waals surface area contributed by atoms with E-state index < -0.39 is 0 Å². The number of pyridine rings is 1. The molecule has 0 spiro atoms. The van der Waals surface area contributed by atoms with Crippen molar-refractivity contribution in [3.63, 3.8) is 0 Å². The van der Waals surface area contributed by atoms with E-state index in [1.54, 1.807) is 18.3 Å². The summed E-state index contributed by atoms with van der Waals surface area (Å²) >= 11 is 1.73. The Morgan fingerprint density at radius 3 is 2.78 bits per heavy atom. The van der Waals surface area contributed by atoms with E-state index in [1.807, 2.05) is 13.0 Å². The lowest BCUT2D eigenvalue weighted by Gasteiger charge is -2.11. The van der Waals surface area contributed by atoms with Crippen LogP contribution in [0.4, 0.5) is 0 Å². The van der Waals surface area contributed by atoms with Crippen molar-refractivity contribution in [3.8, 4) is 10.4 Å². The summed E-state index contributed by atoms with van der Waals surface area (Å²) in [6, 6.07) is 6.81. The second-order valence-electron chi connectivity index (χ2n) is 6.27. The Labute approximate surface area is 140 Å². The molecule has 2 aromatic rings. The maximum Gasteiger partial charge on any atom is 0.286 e. The first-order chi connectivity index (χ1) is 11.1. The minimum atomic E-state index is -0.312. The van der Waals surface area contributed by atoms with Gasteiger partial charge in [0.25, 0.3) is 5.56 Å². The number of thiophene rings is 1. The van der Waals surface area contributed by atoms with Gasteiger partial charge in [-0.2, -0.15) is 4.73 Å². The lowest BCUT2D eigenvalue weighted by Crippen LogP contribution is -2.24. The van der Waals surface area contributed by atoms with Crippen LogP contribution in [0.5, 0.6) is 0 Å². The molecular formula is C18H24N2O2S. The largest absolute Gasteiger partial charge is 0.425 e. The Morgan fingerprint density at radius 2 is 2.09 bits per heavy atom. The van der Waals surface area contributed by atoms with Crippen molar-refractivity contribution in [2.75, 3.05) is 0 Å². The van der Waals surface area contributed by atoms with Crippen LogP contribution >= 0.6 is 11.3 Å². The van der Waals surface area contributed by atoms with Crippen LogP contribution < -0.4 is 10.9 Å². The van der Waals surface area contributed by atoms with Crippen LogP contribution in [0.1, 0.15) is 48.7 Å². The lowest BCUT2D eigenvalue weighted by molar-refractivity contribution is 0.167. The fourth-order valence-electron chi connectivity index (χ4n) is 3.24. The second-order valence-corrected chi connectivity index (χ2v) is 7.44. The molecular weight excluding hydrogens is 308 g/mol. The molecule has 0 aromatic carbocycles. The van der Waals surface area contributed by atoms with Crippen molar-refractivity contribution in [2.24, 2.45) is 0 Å². The maximum absolute atomic E-state index is 12.0. The van der Waals surface area contributed by atoms with E-state index in [1.165, 1.54) is 30.6 Å². The zero-order chi connectivity index (χ0) is 16.4. The molecule has 1 aliphatic rings. The Balaban J connectivity index is 1.82. The summed E-state index contributed by atoms with van der Waals surface area (Å²) in [4.78, 5) is 14.4. The van der Waals surface area contributed by atoms with Crippen molar-refractivity contribution in [1.29, 1.82) is 0 Å². The summed E-state index contributed by atoms with van der Waals surface area (Å²) in [5.74, 6) is 0. The molecule has 2 aromatic heterocycles. The number of hydrogen-bond donors (Lipinski definition) is 2. The lowest BCUT2D eigenvalue weighted by atomic mass is 10.1. The zero-order valence-corrected chi connectivity index (χ0v) is 14.6. The minimum Gasteiger partial charge on any atom is -0.425 e.